The molecule has 0 unspecified atom stereocenters. The molecule has 0 aliphatic carbocycles. The second-order valence-corrected chi connectivity index (χ2v) is 4.50. The summed E-state index contributed by atoms with van der Waals surface area (Å²) in [6, 6.07) is 1.79. The van der Waals surface area contributed by atoms with Crippen molar-refractivity contribution in [3.63, 3.8) is 0 Å². The Kier molecular flexibility index (Phi) is 2.23. The number of benzene rings is 1. The molecule has 0 radical (unpaired) electrons. The molecule has 0 atom stereocenters. The predicted octanol–water partition coefficient (Wildman–Crippen LogP) is 1.31. The third-order valence-corrected chi connectivity index (χ3v) is 2.29. The van der Waals surface area contributed by atoms with Crippen molar-refractivity contribution in [3.05, 3.63) is 11.6 Å². The minimum Gasteiger partial charge on any atom is -0.397 e. The van der Waals surface area contributed by atoms with E-state index in [1.165, 1.54) is 0 Å². The predicted molar refractivity (Wildman–Crippen MR) is 62.8 cm³/mol. The molecule has 0 amide bonds. The highest BCUT2D eigenvalue weighted by Crippen LogP contribution is 2.38. The van der Waals surface area contributed by atoms with Gasteiger partial charge in [-0.1, -0.05) is 20.8 Å². The fraction of sp³-hybridized carbons (Fsp3) is 0.400. The molecule has 8 N–H and O–H groups in total. The minimum absolute atomic E-state index is 0.0833. The lowest BCUT2D eigenvalue weighted by atomic mass is 9.85. The number of hydrogen-bond acceptors (Lipinski definition) is 4. The number of anilines is 4. The van der Waals surface area contributed by atoms with Crippen LogP contribution in [0.2, 0.25) is 0 Å². The van der Waals surface area contributed by atoms with E-state index in [0.717, 1.165) is 5.56 Å². The zero-order valence-corrected chi connectivity index (χ0v) is 8.89. The molecule has 78 valence electrons. The van der Waals surface area contributed by atoms with Gasteiger partial charge in [0.15, 0.2) is 0 Å². The van der Waals surface area contributed by atoms with Gasteiger partial charge in [-0.2, -0.15) is 0 Å². The van der Waals surface area contributed by atoms with E-state index in [1.54, 1.807) is 6.07 Å². The zero-order valence-electron chi connectivity index (χ0n) is 8.89. The Balaban J connectivity index is 3.49. The van der Waals surface area contributed by atoms with Crippen molar-refractivity contribution in [2.45, 2.75) is 26.2 Å². The molecule has 1 aromatic carbocycles. The molecule has 14 heavy (non-hydrogen) atoms. The van der Waals surface area contributed by atoms with E-state index < -0.39 is 0 Å². The van der Waals surface area contributed by atoms with Gasteiger partial charge in [-0.3, -0.25) is 0 Å². The molecule has 0 spiro atoms. The first-order chi connectivity index (χ1) is 6.25. The molecule has 0 saturated heterocycles. The van der Waals surface area contributed by atoms with Gasteiger partial charge < -0.3 is 22.9 Å². The fourth-order valence-electron chi connectivity index (χ4n) is 1.38. The zero-order chi connectivity index (χ0) is 11.1. The van der Waals surface area contributed by atoms with Crippen LogP contribution in [0, 0.1) is 0 Å². The van der Waals surface area contributed by atoms with Crippen LogP contribution in [0.15, 0.2) is 6.07 Å². The van der Waals surface area contributed by atoms with Crippen LogP contribution in [0.25, 0.3) is 0 Å². The van der Waals surface area contributed by atoms with Crippen molar-refractivity contribution in [1.82, 2.24) is 0 Å². The normalized spacial score (nSPS) is 11.6. The highest BCUT2D eigenvalue weighted by molar-refractivity contribution is 5.88. The monoisotopic (exact) mass is 194 g/mol. The molecule has 0 saturated carbocycles. The molecule has 1 aromatic rings. The van der Waals surface area contributed by atoms with Gasteiger partial charge in [0.25, 0.3) is 0 Å². The van der Waals surface area contributed by atoms with Crippen molar-refractivity contribution in [2.24, 2.45) is 0 Å². The van der Waals surface area contributed by atoms with E-state index in [9.17, 15) is 0 Å². The first-order valence-corrected chi connectivity index (χ1v) is 4.48. The molecule has 0 aromatic heterocycles. The topological polar surface area (TPSA) is 104 Å². The van der Waals surface area contributed by atoms with E-state index in [-0.39, 0.29) is 5.41 Å². The van der Waals surface area contributed by atoms with Gasteiger partial charge in [-0.25, -0.2) is 0 Å². The second kappa shape index (κ2) is 2.97. The summed E-state index contributed by atoms with van der Waals surface area (Å²) in [5.74, 6) is 0. The maximum absolute atomic E-state index is 5.88. The average molecular weight is 194 g/mol. The molecule has 4 heteroatoms. The molecule has 0 heterocycles. The summed E-state index contributed by atoms with van der Waals surface area (Å²) in [6.45, 7) is 6.15. The van der Waals surface area contributed by atoms with E-state index in [2.05, 4.69) is 0 Å². The van der Waals surface area contributed by atoms with Crippen molar-refractivity contribution in [3.8, 4) is 0 Å². The van der Waals surface area contributed by atoms with Crippen LogP contribution >= 0.6 is 0 Å². The summed E-state index contributed by atoms with van der Waals surface area (Å²) in [4.78, 5) is 0. The van der Waals surface area contributed by atoms with E-state index in [1.807, 2.05) is 20.8 Å². The first kappa shape index (κ1) is 10.5. The van der Waals surface area contributed by atoms with Crippen molar-refractivity contribution >= 4 is 22.7 Å². The summed E-state index contributed by atoms with van der Waals surface area (Å²) in [5.41, 5.74) is 25.6. The fourth-order valence-corrected chi connectivity index (χ4v) is 1.38. The molecule has 0 aliphatic heterocycles. The van der Waals surface area contributed by atoms with E-state index in [4.69, 9.17) is 22.9 Å². The summed E-state index contributed by atoms with van der Waals surface area (Å²) < 4.78 is 0. The Bertz CT molecular complexity index is 363. The van der Waals surface area contributed by atoms with Crippen LogP contribution in [0.3, 0.4) is 0 Å². The highest BCUT2D eigenvalue weighted by Gasteiger charge is 2.20. The van der Waals surface area contributed by atoms with Gasteiger partial charge in [0.2, 0.25) is 0 Å². The smallest absolute Gasteiger partial charge is 0.0805 e. The quantitative estimate of drug-likeness (QED) is 0.467. The number of nitrogen functional groups attached to an aromatic ring is 4. The maximum Gasteiger partial charge on any atom is 0.0805 e. The molecule has 0 aliphatic rings. The lowest BCUT2D eigenvalue weighted by Crippen LogP contribution is -2.17. The van der Waals surface area contributed by atoms with Crippen molar-refractivity contribution in [1.29, 1.82) is 0 Å². The van der Waals surface area contributed by atoms with Gasteiger partial charge >= 0.3 is 0 Å². The van der Waals surface area contributed by atoms with Gasteiger partial charge in [-0.15, -0.1) is 0 Å². The van der Waals surface area contributed by atoms with Gasteiger partial charge in [-0.05, 0) is 17.0 Å². The van der Waals surface area contributed by atoms with Gasteiger partial charge in [0, 0.05) is 0 Å². The van der Waals surface area contributed by atoms with Crippen molar-refractivity contribution < 1.29 is 0 Å². The van der Waals surface area contributed by atoms with Crippen LogP contribution < -0.4 is 22.9 Å². The summed E-state index contributed by atoms with van der Waals surface area (Å²) in [6.07, 6.45) is 0. The van der Waals surface area contributed by atoms with Crippen LogP contribution in [0.5, 0.6) is 0 Å². The number of rotatable bonds is 0. The number of hydrogen-bond donors (Lipinski definition) is 4. The largest absolute Gasteiger partial charge is 0.397 e. The molecule has 0 bridgehead atoms. The Hall–Kier alpha value is -1.58. The lowest BCUT2D eigenvalue weighted by Gasteiger charge is -2.23. The third kappa shape index (κ3) is 1.55. The van der Waals surface area contributed by atoms with E-state index in [0.29, 0.717) is 22.7 Å². The van der Waals surface area contributed by atoms with Crippen LogP contribution in [0.4, 0.5) is 22.7 Å². The molecular formula is C10H18N4. The average Bonchev–Trinajstić information content (AvgIpc) is 2.06. The highest BCUT2D eigenvalue weighted by atomic mass is 14.8. The number of nitrogens with two attached hydrogens (primary N) is 4. The van der Waals surface area contributed by atoms with Crippen LogP contribution in [0.1, 0.15) is 26.3 Å². The Morgan fingerprint density at radius 2 is 1.36 bits per heavy atom. The molecular weight excluding hydrogens is 176 g/mol. The van der Waals surface area contributed by atoms with Gasteiger partial charge in [0.05, 0.1) is 22.7 Å². The minimum atomic E-state index is -0.0833. The summed E-state index contributed by atoms with van der Waals surface area (Å²) in [7, 11) is 0. The Morgan fingerprint density at radius 1 is 0.857 bits per heavy atom. The third-order valence-electron chi connectivity index (χ3n) is 2.29. The van der Waals surface area contributed by atoms with E-state index >= 15 is 0 Å². The van der Waals surface area contributed by atoms with Crippen molar-refractivity contribution in [2.75, 3.05) is 22.9 Å². The standard InChI is InChI=1S/C10H18N4/c1-10(2,3)5-4-6(11)8(13)9(14)7(5)12/h4H,11-14H2,1-3H3. The van der Waals surface area contributed by atoms with Crippen LogP contribution in [-0.4, -0.2) is 0 Å². The molecule has 4 nitrogen and oxygen atoms in total. The Morgan fingerprint density at radius 3 is 1.79 bits per heavy atom. The second-order valence-electron chi connectivity index (χ2n) is 4.50. The summed E-state index contributed by atoms with van der Waals surface area (Å²) in [5, 5.41) is 0. The first-order valence-electron chi connectivity index (χ1n) is 4.48. The molecule has 0 fully saturated rings. The summed E-state index contributed by atoms with van der Waals surface area (Å²) >= 11 is 0. The Labute approximate surface area is 84.3 Å². The lowest BCUT2D eigenvalue weighted by molar-refractivity contribution is 0.593. The maximum atomic E-state index is 5.88. The SMILES string of the molecule is CC(C)(C)c1cc(N)c(N)c(N)c1N. The van der Waals surface area contributed by atoms with Crippen LogP contribution in [-0.2, 0) is 5.41 Å². The molecule has 1 rings (SSSR count). The van der Waals surface area contributed by atoms with Gasteiger partial charge in [0.1, 0.15) is 0 Å².